The number of halogens is 1. The lowest BCUT2D eigenvalue weighted by Crippen LogP contribution is -2.33. The van der Waals surface area contributed by atoms with Gasteiger partial charge in [-0.2, -0.15) is 0 Å². The van der Waals surface area contributed by atoms with Crippen LogP contribution in [0.25, 0.3) is 0 Å². The van der Waals surface area contributed by atoms with Gasteiger partial charge in [0.1, 0.15) is 6.54 Å². The van der Waals surface area contributed by atoms with Crippen molar-refractivity contribution in [3.8, 4) is 0 Å². The number of hydrogen-bond donors (Lipinski definition) is 2. The summed E-state index contributed by atoms with van der Waals surface area (Å²) in [7, 11) is 0. The van der Waals surface area contributed by atoms with E-state index in [1.165, 1.54) is 11.3 Å². The molecule has 0 spiro atoms. The van der Waals surface area contributed by atoms with E-state index in [0.717, 1.165) is 9.35 Å². The van der Waals surface area contributed by atoms with Crippen LogP contribution in [0.4, 0.5) is 0 Å². The maximum absolute atomic E-state index is 11.8. The molecule has 0 bridgehead atoms. The number of benzene rings is 1. The molecule has 6 nitrogen and oxygen atoms in total. The first kappa shape index (κ1) is 18.2. The molecule has 0 aliphatic heterocycles. The quantitative estimate of drug-likeness (QED) is 0.684. The van der Waals surface area contributed by atoms with Gasteiger partial charge in [-0.15, -0.1) is 11.3 Å². The molecule has 2 amide bonds. The minimum Gasteiger partial charge on any atom is -0.454 e. The van der Waals surface area contributed by atoms with Gasteiger partial charge in [-0.1, -0.05) is 22.0 Å². The monoisotopic (exact) mass is 410 g/mol. The van der Waals surface area contributed by atoms with Crippen LogP contribution >= 0.6 is 27.3 Å². The van der Waals surface area contributed by atoms with Crippen LogP contribution in [0.5, 0.6) is 0 Å². The van der Waals surface area contributed by atoms with Crippen LogP contribution in [0.1, 0.15) is 15.2 Å². The van der Waals surface area contributed by atoms with Gasteiger partial charge in [-0.25, -0.2) is 0 Å². The molecule has 0 radical (unpaired) electrons. The molecule has 0 atom stereocenters. The van der Waals surface area contributed by atoms with Gasteiger partial charge in [0.15, 0.2) is 6.61 Å². The molecule has 0 unspecified atom stereocenters. The minimum absolute atomic E-state index is 0.299. The van der Waals surface area contributed by atoms with Gasteiger partial charge in [-0.3, -0.25) is 14.4 Å². The second-order valence-corrected chi connectivity index (χ2v) is 6.65. The van der Waals surface area contributed by atoms with Gasteiger partial charge in [0.25, 0.3) is 11.8 Å². The SMILES string of the molecule is O=C(COC(=O)CNC(=O)c1ccc(Br)cc1)NCc1cccs1. The summed E-state index contributed by atoms with van der Waals surface area (Å²) in [6.45, 7) is -0.278. The summed E-state index contributed by atoms with van der Waals surface area (Å²) in [6, 6.07) is 10.5. The molecule has 2 N–H and O–H groups in total. The number of carbonyl (C=O) groups is 3. The Labute approximate surface area is 151 Å². The van der Waals surface area contributed by atoms with Crippen molar-refractivity contribution in [2.24, 2.45) is 0 Å². The summed E-state index contributed by atoms with van der Waals surface area (Å²) in [5.41, 5.74) is 0.430. The second kappa shape index (κ2) is 9.19. The zero-order chi connectivity index (χ0) is 17.4. The summed E-state index contributed by atoms with van der Waals surface area (Å²) in [5, 5.41) is 6.99. The molecule has 0 saturated heterocycles. The number of ether oxygens (including phenoxy) is 1. The molecule has 1 aromatic heterocycles. The van der Waals surface area contributed by atoms with Crippen LogP contribution < -0.4 is 10.6 Å². The Bertz CT molecular complexity index is 701. The third-order valence-corrected chi connectivity index (χ3v) is 4.31. The van der Waals surface area contributed by atoms with Crippen molar-refractivity contribution in [2.45, 2.75) is 6.54 Å². The second-order valence-electron chi connectivity index (χ2n) is 4.71. The van der Waals surface area contributed by atoms with Crippen LogP contribution in [0.15, 0.2) is 46.3 Å². The van der Waals surface area contributed by atoms with Crippen LogP contribution in [0.3, 0.4) is 0 Å². The van der Waals surface area contributed by atoms with E-state index in [1.807, 2.05) is 17.5 Å². The molecule has 0 aliphatic rings. The van der Waals surface area contributed by atoms with Gasteiger partial charge < -0.3 is 15.4 Å². The van der Waals surface area contributed by atoms with Crippen molar-refractivity contribution in [1.82, 2.24) is 10.6 Å². The van der Waals surface area contributed by atoms with Crippen molar-refractivity contribution < 1.29 is 19.1 Å². The standard InChI is InChI=1S/C16H15BrN2O4S/c17-12-5-3-11(4-6-12)16(22)19-9-15(21)23-10-14(20)18-8-13-2-1-7-24-13/h1-7H,8-10H2,(H,18,20)(H,19,22). The molecule has 2 rings (SSSR count). The van der Waals surface area contributed by atoms with Crippen LogP contribution in [0, 0.1) is 0 Å². The third-order valence-electron chi connectivity index (χ3n) is 2.90. The Hall–Kier alpha value is -2.19. The molecule has 0 saturated carbocycles. The van der Waals surface area contributed by atoms with E-state index in [-0.39, 0.29) is 19.1 Å². The third kappa shape index (κ3) is 6.13. The highest BCUT2D eigenvalue weighted by molar-refractivity contribution is 9.10. The first-order chi connectivity index (χ1) is 11.5. The maximum atomic E-state index is 11.8. The fourth-order valence-electron chi connectivity index (χ4n) is 1.70. The van der Waals surface area contributed by atoms with Crippen molar-refractivity contribution in [2.75, 3.05) is 13.2 Å². The lowest BCUT2D eigenvalue weighted by atomic mass is 10.2. The fourth-order valence-corrected chi connectivity index (χ4v) is 2.61. The maximum Gasteiger partial charge on any atom is 0.325 e. The zero-order valence-electron chi connectivity index (χ0n) is 12.6. The highest BCUT2D eigenvalue weighted by Crippen LogP contribution is 2.10. The number of amides is 2. The summed E-state index contributed by atoms with van der Waals surface area (Å²) < 4.78 is 5.66. The predicted octanol–water partition coefficient (Wildman–Crippen LogP) is 2.10. The number of rotatable bonds is 7. The van der Waals surface area contributed by atoms with E-state index in [2.05, 4.69) is 26.6 Å². The van der Waals surface area contributed by atoms with Crippen molar-refractivity contribution >= 4 is 45.1 Å². The summed E-state index contributed by atoms with van der Waals surface area (Å²) in [4.78, 5) is 35.9. The topological polar surface area (TPSA) is 84.5 Å². The molecule has 126 valence electrons. The molecule has 1 aromatic carbocycles. The van der Waals surface area contributed by atoms with E-state index < -0.39 is 11.9 Å². The number of thiophene rings is 1. The van der Waals surface area contributed by atoms with Crippen LogP contribution in [-0.2, 0) is 20.9 Å². The predicted molar refractivity (Wildman–Crippen MR) is 93.6 cm³/mol. The Morgan fingerprint density at radius 3 is 2.50 bits per heavy atom. The smallest absolute Gasteiger partial charge is 0.325 e. The van der Waals surface area contributed by atoms with Crippen molar-refractivity contribution in [3.05, 3.63) is 56.7 Å². The number of carbonyl (C=O) groups excluding carboxylic acids is 3. The molecule has 0 fully saturated rings. The normalized spacial score (nSPS) is 10.0. The molecule has 1 heterocycles. The summed E-state index contributed by atoms with van der Waals surface area (Å²) in [5.74, 6) is -1.45. The van der Waals surface area contributed by atoms with Gasteiger partial charge >= 0.3 is 5.97 Å². The lowest BCUT2D eigenvalue weighted by molar-refractivity contribution is -0.147. The Balaban J connectivity index is 1.64. The first-order valence-electron chi connectivity index (χ1n) is 7.03. The molecule has 0 aliphatic carbocycles. The van der Waals surface area contributed by atoms with Crippen LogP contribution in [0.2, 0.25) is 0 Å². The Kier molecular flexibility index (Phi) is 6.95. The van der Waals surface area contributed by atoms with Crippen molar-refractivity contribution in [3.63, 3.8) is 0 Å². The van der Waals surface area contributed by atoms with E-state index >= 15 is 0 Å². The highest BCUT2D eigenvalue weighted by Gasteiger charge is 2.10. The van der Waals surface area contributed by atoms with Gasteiger partial charge in [0.05, 0.1) is 6.54 Å². The Morgan fingerprint density at radius 2 is 1.83 bits per heavy atom. The van der Waals surface area contributed by atoms with E-state index in [1.54, 1.807) is 24.3 Å². The van der Waals surface area contributed by atoms with E-state index in [9.17, 15) is 14.4 Å². The minimum atomic E-state index is -0.674. The molecule has 2 aromatic rings. The summed E-state index contributed by atoms with van der Waals surface area (Å²) in [6.07, 6.45) is 0. The number of nitrogens with one attached hydrogen (secondary N) is 2. The van der Waals surface area contributed by atoms with E-state index in [4.69, 9.17) is 4.74 Å². The van der Waals surface area contributed by atoms with Gasteiger partial charge in [-0.05, 0) is 35.7 Å². The first-order valence-corrected chi connectivity index (χ1v) is 8.70. The van der Waals surface area contributed by atoms with Gasteiger partial charge in [0.2, 0.25) is 0 Å². The number of hydrogen-bond acceptors (Lipinski definition) is 5. The average Bonchev–Trinajstić information content (AvgIpc) is 3.10. The largest absolute Gasteiger partial charge is 0.454 e. The lowest BCUT2D eigenvalue weighted by Gasteiger charge is -2.07. The Morgan fingerprint density at radius 1 is 1.08 bits per heavy atom. The number of esters is 1. The average molecular weight is 411 g/mol. The molecule has 8 heteroatoms. The van der Waals surface area contributed by atoms with Gasteiger partial charge in [0, 0.05) is 14.9 Å². The highest BCUT2D eigenvalue weighted by atomic mass is 79.9. The van der Waals surface area contributed by atoms with Crippen molar-refractivity contribution in [1.29, 1.82) is 0 Å². The molecule has 24 heavy (non-hydrogen) atoms. The van der Waals surface area contributed by atoms with Crippen LogP contribution in [-0.4, -0.2) is 30.9 Å². The molecular formula is C16H15BrN2O4S. The zero-order valence-corrected chi connectivity index (χ0v) is 15.0. The summed E-state index contributed by atoms with van der Waals surface area (Å²) >= 11 is 4.80. The fraction of sp³-hybridized carbons (Fsp3) is 0.188. The molecular weight excluding hydrogens is 396 g/mol. The van der Waals surface area contributed by atoms with E-state index in [0.29, 0.717) is 12.1 Å².